The van der Waals surface area contributed by atoms with Gasteiger partial charge in [0.25, 0.3) is 5.91 Å². The van der Waals surface area contributed by atoms with E-state index in [2.05, 4.69) is 51.0 Å². The van der Waals surface area contributed by atoms with Crippen LogP contribution in [0.4, 0.5) is 0 Å². The van der Waals surface area contributed by atoms with Gasteiger partial charge in [-0.3, -0.25) is 19.5 Å². The zero-order valence-corrected chi connectivity index (χ0v) is 19.6. The lowest BCUT2D eigenvalue weighted by Gasteiger charge is -2.26. The molecule has 180 valence electrons. The van der Waals surface area contributed by atoms with E-state index in [0.29, 0.717) is 5.82 Å². The Morgan fingerprint density at radius 3 is 2.36 bits per heavy atom. The Kier molecular flexibility index (Phi) is 7.15. The topological polar surface area (TPSA) is 92.5 Å². The van der Waals surface area contributed by atoms with Gasteiger partial charge in [0.1, 0.15) is 12.1 Å². The maximum atomic E-state index is 11.9. The summed E-state index contributed by atoms with van der Waals surface area (Å²) >= 11 is 0. The van der Waals surface area contributed by atoms with Gasteiger partial charge < -0.3 is 4.74 Å². The number of nitrogens with zero attached hydrogens (tertiary/aromatic N) is 4. The highest BCUT2D eigenvalue weighted by molar-refractivity contribution is 5.95. The minimum Gasteiger partial charge on any atom is -0.379 e. The predicted octanol–water partition coefficient (Wildman–Crippen LogP) is 3.29. The average molecular weight is 480 g/mol. The van der Waals surface area contributed by atoms with Gasteiger partial charge in [-0.2, -0.15) is 0 Å². The number of hydrogen-bond donors (Lipinski definition) is 2. The summed E-state index contributed by atoms with van der Waals surface area (Å²) in [6, 6.07) is 17.8. The molecule has 3 heterocycles. The number of hydroxylamine groups is 1. The van der Waals surface area contributed by atoms with Crippen LogP contribution in [-0.4, -0.2) is 56.9 Å². The van der Waals surface area contributed by atoms with Gasteiger partial charge in [-0.05, 0) is 41.5 Å². The van der Waals surface area contributed by atoms with E-state index >= 15 is 0 Å². The Balaban J connectivity index is 1.34. The first-order valence-electron chi connectivity index (χ1n) is 11.6. The minimum atomic E-state index is -0.626. The van der Waals surface area contributed by atoms with Crippen LogP contribution in [0.3, 0.4) is 0 Å². The molecular formula is C28H25N5O3. The SMILES string of the molecule is O=C(NO)c1cnc(-n2ccnc2)c(-c2ccc(C#Cc3ccc(CN4CCOCC4)cc3)cc2)c1. The summed E-state index contributed by atoms with van der Waals surface area (Å²) in [5.41, 5.74) is 6.59. The van der Waals surface area contributed by atoms with Crippen LogP contribution < -0.4 is 5.48 Å². The third kappa shape index (κ3) is 5.50. The molecule has 1 aliphatic rings. The number of imidazole rings is 1. The van der Waals surface area contributed by atoms with Crippen molar-refractivity contribution in [2.75, 3.05) is 26.3 Å². The van der Waals surface area contributed by atoms with Gasteiger partial charge in [0.05, 0.1) is 18.8 Å². The van der Waals surface area contributed by atoms with Gasteiger partial charge in [-0.1, -0.05) is 36.1 Å². The standard InChI is InChI=1S/C28H25N5O3/c34-28(31-35)25-17-26(27(30-18-25)33-12-11-29-20-33)24-9-7-22(8-10-24)2-1-21-3-5-23(6-4-21)19-32-13-15-36-16-14-32/h3-12,17-18,20,35H,13-16,19H2,(H,31,34). The van der Waals surface area contributed by atoms with Crippen molar-refractivity contribution < 1.29 is 14.7 Å². The number of pyridine rings is 1. The van der Waals surface area contributed by atoms with E-state index in [4.69, 9.17) is 9.94 Å². The quantitative estimate of drug-likeness (QED) is 0.259. The van der Waals surface area contributed by atoms with Crippen molar-refractivity contribution in [1.82, 2.24) is 24.9 Å². The van der Waals surface area contributed by atoms with E-state index in [9.17, 15) is 4.79 Å². The lowest BCUT2D eigenvalue weighted by atomic mass is 10.0. The molecule has 8 heteroatoms. The first kappa shape index (κ1) is 23.5. The molecule has 0 unspecified atom stereocenters. The first-order chi connectivity index (χ1) is 17.7. The molecule has 1 amide bonds. The average Bonchev–Trinajstić information content (AvgIpc) is 3.48. The van der Waals surface area contributed by atoms with Crippen LogP contribution in [0.2, 0.25) is 0 Å². The number of hydrogen-bond acceptors (Lipinski definition) is 6. The van der Waals surface area contributed by atoms with Gasteiger partial charge in [0, 0.05) is 54.9 Å². The fourth-order valence-corrected chi connectivity index (χ4v) is 4.04. The number of benzene rings is 2. The molecule has 0 bridgehead atoms. The molecular weight excluding hydrogens is 454 g/mol. The summed E-state index contributed by atoms with van der Waals surface area (Å²) in [6.45, 7) is 4.46. The normalized spacial score (nSPS) is 13.6. The van der Waals surface area contributed by atoms with E-state index in [1.54, 1.807) is 34.8 Å². The third-order valence-corrected chi connectivity index (χ3v) is 5.99. The number of carbonyl (C=O) groups is 1. The molecule has 2 aromatic heterocycles. The summed E-state index contributed by atoms with van der Waals surface area (Å²) < 4.78 is 7.18. The van der Waals surface area contributed by atoms with Crippen molar-refractivity contribution >= 4 is 5.91 Å². The van der Waals surface area contributed by atoms with Crippen LogP contribution in [0.1, 0.15) is 27.0 Å². The zero-order valence-electron chi connectivity index (χ0n) is 19.6. The second kappa shape index (κ2) is 11.0. The highest BCUT2D eigenvalue weighted by Gasteiger charge is 2.14. The van der Waals surface area contributed by atoms with Gasteiger partial charge in [0.15, 0.2) is 0 Å². The van der Waals surface area contributed by atoms with Crippen molar-refractivity contribution in [3.8, 4) is 28.8 Å². The van der Waals surface area contributed by atoms with Crippen molar-refractivity contribution in [2.24, 2.45) is 0 Å². The number of ether oxygens (including phenoxy) is 1. The predicted molar refractivity (Wildman–Crippen MR) is 135 cm³/mol. The van der Waals surface area contributed by atoms with Crippen LogP contribution in [-0.2, 0) is 11.3 Å². The largest absolute Gasteiger partial charge is 0.379 e. The summed E-state index contributed by atoms with van der Waals surface area (Å²) in [7, 11) is 0. The van der Waals surface area contributed by atoms with Crippen LogP contribution in [0, 0.1) is 11.8 Å². The van der Waals surface area contributed by atoms with Crippen molar-refractivity contribution in [3.05, 3.63) is 102 Å². The van der Waals surface area contributed by atoms with E-state index in [1.807, 2.05) is 24.3 Å². The molecule has 1 saturated heterocycles. The highest BCUT2D eigenvalue weighted by Crippen LogP contribution is 2.26. The first-order valence-corrected chi connectivity index (χ1v) is 11.6. The molecule has 36 heavy (non-hydrogen) atoms. The van der Waals surface area contributed by atoms with Crippen LogP contribution in [0.15, 0.2) is 79.5 Å². The van der Waals surface area contributed by atoms with Gasteiger partial charge in [-0.15, -0.1) is 0 Å². The fourth-order valence-electron chi connectivity index (χ4n) is 4.04. The van der Waals surface area contributed by atoms with Gasteiger partial charge >= 0.3 is 0 Å². The number of amides is 1. The van der Waals surface area contributed by atoms with Crippen molar-refractivity contribution in [2.45, 2.75) is 6.54 Å². The molecule has 0 spiro atoms. The Bertz CT molecular complexity index is 1380. The van der Waals surface area contributed by atoms with E-state index in [-0.39, 0.29) is 5.56 Å². The third-order valence-electron chi connectivity index (χ3n) is 5.99. The molecule has 4 aromatic rings. The molecule has 2 N–H and O–H groups in total. The molecule has 0 atom stereocenters. The summed E-state index contributed by atoms with van der Waals surface area (Å²) in [4.78, 5) is 22.8. The van der Waals surface area contributed by atoms with Gasteiger partial charge in [-0.25, -0.2) is 15.4 Å². The molecule has 0 aliphatic carbocycles. The molecule has 1 fully saturated rings. The fraction of sp³-hybridized carbons (Fsp3) is 0.179. The Hall–Kier alpha value is -4.29. The van der Waals surface area contributed by atoms with Crippen molar-refractivity contribution in [1.29, 1.82) is 0 Å². The second-order valence-corrected chi connectivity index (χ2v) is 8.42. The maximum Gasteiger partial charge on any atom is 0.276 e. The highest BCUT2D eigenvalue weighted by atomic mass is 16.5. The summed E-state index contributed by atoms with van der Waals surface area (Å²) in [6.07, 6.45) is 6.50. The molecule has 1 aliphatic heterocycles. The molecule has 8 nitrogen and oxygen atoms in total. The smallest absolute Gasteiger partial charge is 0.276 e. The minimum absolute atomic E-state index is 0.248. The number of nitrogens with one attached hydrogen (secondary N) is 1. The van der Waals surface area contributed by atoms with Gasteiger partial charge in [0.2, 0.25) is 0 Å². The summed E-state index contributed by atoms with van der Waals surface area (Å²) in [5, 5.41) is 9.02. The Morgan fingerprint density at radius 2 is 1.72 bits per heavy atom. The molecule has 5 rings (SSSR count). The number of morpholine rings is 1. The molecule has 0 saturated carbocycles. The van der Waals surface area contributed by atoms with E-state index < -0.39 is 5.91 Å². The second-order valence-electron chi connectivity index (χ2n) is 8.42. The molecule has 2 aromatic carbocycles. The Morgan fingerprint density at radius 1 is 1.03 bits per heavy atom. The number of rotatable bonds is 5. The van der Waals surface area contributed by atoms with E-state index in [1.165, 1.54) is 11.8 Å². The molecule has 0 radical (unpaired) electrons. The van der Waals surface area contributed by atoms with Crippen molar-refractivity contribution in [3.63, 3.8) is 0 Å². The lowest BCUT2D eigenvalue weighted by Crippen LogP contribution is -2.35. The lowest BCUT2D eigenvalue weighted by molar-refractivity contribution is 0.0342. The maximum absolute atomic E-state index is 11.9. The zero-order chi connectivity index (χ0) is 24.7. The number of aromatic nitrogens is 3. The van der Waals surface area contributed by atoms with Crippen LogP contribution in [0.5, 0.6) is 0 Å². The van der Waals surface area contributed by atoms with Crippen LogP contribution >= 0.6 is 0 Å². The monoisotopic (exact) mass is 479 g/mol. The Labute approximate surface area is 209 Å². The summed E-state index contributed by atoms with van der Waals surface area (Å²) in [5.74, 6) is 6.44. The number of carbonyl (C=O) groups excluding carboxylic acids is 1. The van der Waals surface area contributed by atoms with Crippen LogP contribution in [0.25, 0.3) is 16.9 Å². The van der Waals surface area contributed by atoms with E-state index in [0.717, 1.165) is 55.1 Å².